The van der Waals surface area contributed by atoms with E-state index in [4.69, 9.17) is 11.6 Å². The number of rotatable bonds is 4. The van der Waals surface area contributed by atoms with E-state index in [0.29, 0.717) is 0 Å². The fraction of sp³-hybridized carbons (Fsp3) is 0.286. The minimum absolute atomic E-state index is 0.493. The molecule has 0 aliphatic heterocycles. The van der Waals surface area contributed by atoms with Crippen molar-refractivity contribution in [2.75, 3.05) is 0 Å². The van der Waals surface area contributed by atoms with Crippen molar-refractivity contribution in [2.24, 2.45) is 0 Å². The number of Topliss-reactive ketones (excluding diaryl/α,β-unsaturated/α-hetero) is 1. The number of carbonyl (C=O) groups is 3. The summed E-state index contributed by atoms with van der Waals surface area (Å²) in [6, 6.07) is 0. The van der Waals surface area contributed by atoms with Crippen LogP contribution in [0.25, 0.3) is 0 Å². The number of carboxylic acids is 2. The van der Waals surface area contributed by atoms with Crippen molar-refractivity contribution in [3.63, 3.8) is 0 Å². The molecule has 0 aromatic rings. The van der Waals surface area contributed by atoms with Crippen molar-refractivity contribution >= 4 is 29.3 Å². The highest BCUT2D eigenvalue weighted by Crippen LogP contribution is 2.11. The Morgan fingerprint density at radius 3 is 2.00 bits per heavy atom. The van der Waals surface area contributed by atoms with Gasteiger partial charge in [-0.1, -0.05) is 11.6 Å². The Morgan fingerprint density at radius 2 is 1.69 bits per heavy atom. The van der Waals surface area contributed by atoms with Crippen LogP contribution >= 0.6 is 11.6 Å². The number of carboxylic acid groups (broad SMARTS) is 2. The number of allylic oxidation sites excluding steroid dienone is 1. The lowest BCUT2D eigenvalue weighted by molar-refractivity contribution is -0.305. The van der Waals surface area contributed by atoms with Gasteiger partial charge in [-0.3, -0.25) is 4.79 Å². The van der Waals surface area contributed by atoms with Gasteiger partial charge >= 0.3 is 0 Å². The van der Waals surface area contributed by atoms with Gasteiger partial charge in [0.2, 0.25) is 0 Å². The van der Waals surface area contributed by atoms with E-state index in [1.54, 1.807) is 0 Å². The van der Waals surface area contributed by atoms with Gasteiger partial charge in [-0.2, -0.15) is 0 Å². The van der Waals surface area contributed by atoms with Crippen LogP contribution in [0.15, 0.2) is 10.6 Å². The number of ketones is 1. The fourth-order valence-electron chi connectivity index (χ4n) is 0.507. The standard InChI is InChI=1S/C7H7ClO5/c1-3(7(12)13)6(8)4(9)2-5(10)11/h2H2,1H3,(H,10,11)(H,12,13)/p-2/b6-3+. The van der Waals surface area contributed by atoms with Crippen molar-refractivity contribution in [1.29, 1.82) is 0 Å². The Bertz CT molecular complexity index is 291. The lowest BCUT2D eigenvalue weighted by Crippen LogP contribution is -2.28. The maximum atomic E-state index is 10.8. The third-order valence-corrected chi connectivity index (χ3v) is 1.68. The second-order valence-electron chi connectivity index (χ2n) is 2.20. The lowest BCUT2D eigenvalue weighted by Gasteiger charge is -2.05. The van der Waals surface area contributed by atoms with Gasteiger partial charge < -0.3 is 19.8 Å². The topological polar surface area (TPSA) is 97.3 Å². The minimum atomic E-state index is -1.62. The van der Waals surface area contributed by atoms with Crippen molar-refractivity contribution in [2.45, 2.75) is 13.3 Å². The predicted octanol–water partition coefficient (Wildman–Crippen LogP) is -2.04. The molecule has 0 heterocycles. The van der Waals surface area contributed by atoms with Crippen LogP contribution in [0.5, 0.6) is 0 Å². The average Bonchev–Trinajstić information content (AvgIpc) is 2.00. The predicted molar refractivity (Wildman–Crippen MR) is 38.2 cm³/mol. The number of aliphatic carboxylic acids is 2. The van der Waals surface area contributed by atoms with Crippen molar-refractivity contribution in [1.82, 2.24) is 0 Å². The van der Waals surface area contributed by atoms with Crippen LogP contribution in [0.3, 0.4) is 0 Å². The quantitative estimate of drug-likeness (QED) is 0.388. The molecule has 0 aliphatic rings. The van der Waals surface area contributed by atoms with Crippen LogP contribution in [-0.2, 0) is 14.4 Å². The first-order valence-corrected chi connectivity index (χ1v) is 3.54. The highest BCUT2D eigenvalue weighted by atomic mass is 35.5. The number of hydrogen-bond donors (Lipinski definition) is 0. The Balaban J connectivity index is 4.68. The van der Waals surface area contributed by atoms with E-state index < -0.39 is 34.7 Å². The summed E-state index contributed by atoms with van der Waals surface area (Å²) in [4.78, 5) is 30.9. The molecule has 0 aliphatic carbocycles. The third-order valence-electron chi connectivity index (χ3n) is 1.19. The van der Waals surface area contributed by atoms with Gasteiger partial charge in [0.25, 0.3) is 0 Å². The Hall–Kier alpha value is -1.36. The molecule has 6 heteroatoms. The Kier molecular flexibility index (Phi) is 4.13. The smallest absolute Gasteiger partial charge is 0.180 e. The lowest BCUT2D eigenvalue weighted by atomic mass is 10.2. The Morgan fingerprint density at radius 1 is 1.23 bits per heavy atom. The summed E-state index contributed by atoms with van der Waals surface area (Å²) in [6.45, 7) is 1.05. The molecule has 0 fully saturated rings. The molecule has 0 aromatic carbocycles. The first kappa shape index (κ1) is 11.6. The molecule has 0 bridgehead atoms. The van der Waals surface area contributed by atoms with Crippen LogP contribution in [0.2, 0.25) is 0 Å². The second kappa shape index (κ2) is 4.61. The van der Waals surface area contributed by atoms with E-state index in [0.717, 1.165) is 6.92 Å². The molecule has 72 valence electrons. The molecule has 0 saturated carbocycles. The van der Waals surface area contributed by atoms with Crippen LogP contribution in [0.4, 0.5) is 0 Å². The van der Waals surface area contributed by atoms with Gasteiger partial charge in [0.1, 0.15) is 0 Å². The summed E-state index contributed by atoms with van der Waals surface area (Å²) in [5.74, 6) is -4.24. The van der Waals surface area contributed by atoms with Gasteiger partial charge in [-0.25, -0.2) is 0 Å². The number of carbonyl (C=O) groups excluding carboxylic acids is 3. The van der Waals surface area contributed by atoms with Gasteiger partial charge in [0.05, 0.1) is 17.4 Å². The normalized spacial score (nSPS) is 11.8. The summed E-state index contributed by atoms with van der Waals surface area (Å²) >= 11 is 5.24. The van der Waals surface area contributed by atoms with Gasteiger partial charge in [0.15, 0.2) is 5.78 Å². The highest BCUT2D eigenvalue weighted by molar-refractivity contribution is 6.45. The molecule has 0 spiro atoms. The van der Waals surface area contributed by atoms with Crippen molar-refractivity contribution < 1.29 is 24.6 Å². The maximum absolute atomic E-state index is 10.8. The zero-order valence-corrected chi connectivity index (χ0v) is 7.38. The van der Waals surface area contributed by atoms with E-state index >= 15 is 0 Å². The van der Waals surface area contributed by atoms with E-state index in [-0.39, 0.29) is 0 Å². The molecular formula is C7H5ClO5-2. The molecule has 0 saturated heterocycles. The zero-order valence-electron chi connectivity index (χ0n) is 6.63. The number of halogens is 1. The van der Waals surface area contributed by atoms with Crippen molar-refractivity contribution in [3.8, 4) is 0 Å². The largest absolute Gasteiger partial charge is 0.550 e. The van der Waals surface area contributed by atoms with Crippen LogP contribution in [0.1, 0.15) is 13.3 Å². The molecule has 0 amide bonds. The maximum Gasteiger partial charge on any atom is 0.180 e. The molecule has 0 radical (unpaired) electrons. The number of hydrogen-bond acceptors (Lipinski definition) is 5. The molecule has 0 N–H and O–H groups in total. The minimum Gasteiger partial charge on any atom is -0.550 e. The highest BCUT2D eigenvalue weighted by Gasteiger charge is 2.10. The molecular weight excluding hydrogens is 200 g/mol. The molecule has 0 aromatic heterocycles. The van der Waals surface area contributed by atoms with E-state index in [2.05, 4.69) is 0 Å². The molecule has 13 heavy (non-hydrogen) atoms. The van der Waals surface area contributed by atoms with Crippen LogP contribution in [-0.4, -0.2) is 17.7 Å². The SMILES string of the molecule is C/C(C(=O)[O-])=C(\Cl)C(=O)CC(=O)[O-]. The first-order chi connectivity index (χ1) is 5.86. The summed E-state index contributed by atoms with van der Waals surface area (Å²) in [5.41, 5.74) is -0.493. The summed E-state index contributed by atoms with van der Waals surface area (Å²) in [5, 5.41) is 19.4. The molecule has 0 atom stereocenters. The van der Waals surface area contributed by atoms with Crippen LogP contribution < -0.4 is 10.2 Å². The summed E-state index contributed by atoms with van der Waals surface area (Å²) in [6.07, 6.45) is -0.941. The van der Waals surface area contributed by atoms with E-state index in [1.165, 1.54) is 0 Å². The second-order valence-corrected chi connectivity index (χ2v) is 2.58. The monoisotopic (exact) mass is 204 g/mol. The van der Waals surface area contributed by atoms with Crippen LogP contribution in [0, 0.1) is 0 Å². The summed E-state index contributed by atoms with van der Waals surface area (Å²) in [7, 11) is 0. The molecule has 5 nitrogen and oxygen atoms in total. The van der Waals surface area contributed by atoms with E-state index in [9.17, 15) is 24.6 Å². The zero-order chi connectivity index (χ0) is 10.6. The summed E-state index contributed by atoms with van der Waals surface area (Å²) < 4.78 is 0. The van der Waals surface area contributed by atoms with Gasteiger partial charge in [-0.05, 0) is 12.5 Å². The average molecular weight is 205 g/mol. The molecule has 0 rings (SSSR count). The van der Waals surface area contributed by atoms with Crippen molar-refractivity contribution in [3.05, 3.63) is 10.6 Å². The van der Waals surface area contributed by atoms with Gasteiger partial charge in [-0.15, -0.1) is 0 Å². The Labute approximate surface area is 78.6 Å². The third kappa shape index (κ3) is 3.71. The molecule has 0 unspecified atom stereocenters. The fourth-order valence-corrected chi connectivity index (χ4v) is 0.651. The van der Waals surface area contributed by atoms with Gasteiger partial charge in [0, 0.05) is 5.97 Å². The van der Waals surface area contributed by atoms with E-state index in [1.807, 2.05) is 0 Å². The first-order valence-electron chi connectivity index (χ1n) is 3.17.